The zero-order valence-corrected chi connectivity index (χ0v) is 16.9. The van der Waals surface area contributed by atoms with Gasteiger partial charge in [-0.1, -0.05) is 12.1 Å². The van der Waals surface area contributed by atoms with E-state index in [-0.39, 0.29) is 18.2 Å². The summed E-state index contributed by atoms with van der Waals surface area (Å²) in [5.74, 6) is 0.417. The lowest BCUT2D eigenvalue weighted by Crippen LogP contribution is -2.52. The average Bonchev–Trinajstić information content (AvgIpc) is 3.09. The van der Waals surface area contributed by atoms with Crippen LogP contribution in [0.15, 0.2) is 36.4 Å². The summed E-state index contributed by atoms with van der Waals surface area (Å²) in [6, 6.07) is 10.6. The second-order valence-electron chi connectivity index (χ2n) is 7.27. The van der Waals surface area contributed by atoms with Crippen molar-refractivity contribution in [1.82, 2.24) is 10.2 Å². The Labute approximate surface area is 174 Å². The van der Waals surface area contributed by atoms with Gasteiger partial charge in [0.1, 0.15) is 6.04 Å². The number of fused-ring (bicyclic) bond motifs is 1. The molecule has 2 aliphatic heterocycles. The maximum absolute atomic E-state index is 12.9. The molecular weight excluding hydrogens is 386 g/mol. The molecule has 1 atom stereocenters. The van der Waals surface area contributed by atoms with E-state index in [1.807, 2.05) is 30.3 Å². The first-order chi connectivity index (χ1) is 14.5. The van der Waals surface area contributed by atoms with Gasteiger partial charge >= 0.3 is 0 Å². The minimum Gasteiger partial charge on any atom is -0.493 e. The van der Waals surface area contributed by atoms with Crippen LogP contribution in [0.5, 0.6) is 11.5 Å². The fourth-order valence-electron chi connectivity index (χ4n) is 3.94. The number of ether oxygens (including phenoxy) is 2. The van der Waals surface area contributed by atoms with E-state index in [9.17, 15) is 14.4 Å². The monoisotopic (exact) mass is 409 g/mol. The molecule has 0 bridgehead atoms. The molecule has 2 heterocycles. The van der Waals surface area contributed by atoms with Crippen LogP contribution in [0.1, 0.15) is 34.3 Å². The lowest BCUT2D eigenvalue weighted by molar-refractivity contribution is -0.136. The van der Waals surface area contributed by atoms with Crippen molar-refractivity contribution in [2.45, 2.75) is 32.0 Å². The average molecular weight is 409 g/mol. The molecule has 2 aromatic rings. The Bertz CT molecular complexity index is 1020. The highest BCUT2D eigenvalue weighted by molar-refractivity contribution is 6.06. The number of piperidine rings is 1. The molecule has 8 heteroatoms. The quantitative estimate of drug-likeness (QED) is 0.709. The Morgan fingerprint density at radius 3 is 2.63 bits per heavy atom. The standard InChI is InChI=1S/C22H23N3O5/c1-29-18-8-6-13(10-19(18)30-2)11-23-16-5-3-4-14-15(16)12-25(22(14)28)17-7-9-20(26)24-21(17)27/h3-6,8,10,17,23H,7,9,11-12H2,1-2H3,(H,24,26,27)/t17-/m1/s1. The van der Waals surface area contributed by atoms with Crippen LogP contribution in [0, 0.1) is 0 Å². The number of anilines is 1. The van der Waals surface area contributed by atoms with Gasteiger partial charge in [-0.05, 0) is 36.2 Å². The van der Waals surface area contributed by atoms with Crippen LogP contribution >= 0.6 is 0 Å². The molecule has 0 aliphatic carbocycles. The number of amides is 3. The summed E-state index contributed by atoms with van der Waals surface area (Å²) in [6.07, 6.45) is 0.583. The first-order valence-corrected chi connectivity index (χ1v) is 9.73. The number of methoxy groups -OCH3 is 2. The number of nitrogens with zero attached hydrogens (tertiary/aromatic N) is 1. The Hall–Kier alpha value is -3.55. The summed E-state index contributed by atoms with van der Waals surface area (Å²) < 4.78 is 10.6. The molecule has 2 aromatic carbocycles. The van der Waals surface area contributed by atoms with Gasteiger partial charge in [0.15, 0.2) is 11.5 Å². The zero-order chi connectivity index (χ0) is 21.3. The van der Waals surface area contributed by atoms with E-state index in [1.165, 1.54) is 0 Å². The largest absolute Gasteiger partial charge is 0.493 e. The highest BCUT2D eigenvalue weighted by atomic mass is 16.5. The van der Waals surface area contributed by atoms with Gasteiger partial charge in [0.2, 0.25) is 11.8 Å². The van der Waals surface area contributed by atoms with E-state index < -0.39 is 11.9 Å². The minimum atomic E-state index is -0.624. The van der Waals surface area contributed by atoms with E-state index in [1.54, 1.807) is 25.2 Å². The molecule has 2 N–H and O–H groups in total. The van der Waals surface area contributed by atoms with Crippen molar-refractivity contribution in [1.29, 1.82) is 0 Å². The van der Waals surface area contributed by atoms with Crippen molar-refractivity contribution < 1.29 is 23.9 Å². The molecule has 1 fully saturated rings. The van der Waals surface area contributed by atoms with Crippen molar-refractivity contribution in [2.24, 2.45) is 0 Å². The van der Waals surface area contributed by atoms with Crippen molar-refractivity contribution in [2.75, 3.05) is 19.5 Å². The Balaban J connectivity index is 1.52. The van der Waals surface area contributed by atoms with Crippen LogP contribution in [-0.2, 0) is 22.7 Å². The Morgan fingerprint density at radius 1 is 1.10 bits per heavy atom. The van der Waals surface area contributed by atoms with Gasteiger partial charge in [0.05, 0.1) is 14.2 Å². The summed E-state index contributed by atoms with van der Waals surface area (Å²) in [6.45, 7) is 0.860. The maximum Gasteiger partial charge on any atom is 0.255 e. The van der Waals surface area contributed by atoms with Gasteiger partial charge in [-0.3, -0.25) is 19.7 Å². The first-order valence-electron chi connectivity index (χ1n) is 9.73. The van der Waals surface area contributed by atoms with Crippen molar-refractivity contribution in [3.05, 3.63) is 53.1 Å². The smallest absolute Gasteiger partial charge is 0.255 e. The summed E-state index contributed by atoms with van der Waals surface area (Å²) in [7, 11) is 3.18. The number of hydrogen-bond acceptors (Lipinski definition) is 6. The van der Waals surface area contributed by atoms with Crippen LogP contribution in [0.4, 0.5) is 5.69 Å². The van der Waals surface area contributed by atoms with Crippen molar-refractivity contribution >= 4 is 23.4 Å². The van der Waals surface area contributed by atoms with Crippen LogP contribution in [0.3, 0.4) is 0 Å². The molecule has 0 unspecified atom stereocenters. The predicted octanol–water partition coefficient (Wildman–Crippen LogP) is 2.08. The minimum absolute atomic E-state index is 0.186. The second kappa shape index (κ2) is 8.06. The molecule has 8 nitrogen and oxygen atoms in total. The third-order valence-corrected chi connectivity index (χ3v) is 5.51. The molecule has 0 saturated carbocycles. The number of benzene rings is 2. The van der Waals surface area contributed by atoms with Crippen LogP contribution in [-0.4, -0.2) is 42.9 Å². The first kappa shape index (κ1) is 19.8. The normalized spacial score (nSPS) is 18.1. The third kappa shape index (κ3) is 3.56. The molecular formula is C22H23N3O5. The second-order valence-corrected chi connectivity index (χ2v) is 7.27. The van der Waals surface area contributed by atoms with Gasteiger partial charge in [-0.2, -0.15) is 0 Å². The zero-order valence-electron chi connectivity index (χ0n) is 16.9. The van der Waals surface area contributed by atoms with E-state index in [0.717, 1.165) is 16.8 Å². The lowest BCUT2D eigenvalue weighted by atomic mass is 10.0. The molecule has 0 radical (unpaired) electrons. The van der Waals surface area contributed by atoms with Crippen LogP contribution in [0.25, 0.3) is 0 Å². The topological polar surface area (TPSA) is 97.0 Å². The molecule has 4 rings (SSSR count). The summed E-state index contributed by atoms with van der Waals surface area (Å²) >= 11 is 0. The highest BCUT2D eigenvalue weighted by Crippen LogP contribution is 2.33. The number of carbonyl (C=O) groups is 3. The van der Waals surface area contributed by atoms with Gasteiger partial charge in [-0.15, -0.1) is 0 Å². The van der Waals surface area contributed by atoms with Crippen molar-refractivity contribution in [3.63, 3.8) is 0 Å². The van der Waals surface area contributed by atoms with E-state index in [2.05, 4.69) is 10.6 Å². The molecule has 156 valence electrons. The van der Waals surface area contributed by atoms with E-state index in [4.69, 9.17) is 9.47 Å². The molecule has 1 saturated heterocycles. The molecule has 0 spiro atoms. The Morgan fingerprint density at radius 2 is 1.90 bits per heavy atom. The summed E-state index contributed by atoms with van der Waals surface area (Å²) in [5, 5.41) is 5.71. The van der Waals surface area contributed by atoms with Crippen LogP contribution in [0.2, 0.25) is 0 Å². The molecule has 2 aliphatic rings. The number of carbonyl (C=O) groups excluding carboxylic acids is 3. The maximum atomic E-state index is 12.9. The number of imide groups is 1. The molecule has 30 heavy (non-hydrogen) atoms. The van der Waals surface area contributed by atoms with E-state index >= 15 is 0 Å². The third-order valence-electron chi connectivity index (χ3n) is 5.51. The number of hydrogen-bond donors (Lipinski definition) is 2. The SMILES string of the molecule is COc1ccc(CNc2cccc3c2CN([C@@H]2CCC(=O)NC2=O)C3=O)cc1OC. The van der Waals surface area contributed by atoms with E-state index in [0.29, 0.717) is 36.6 Å². The van der Waals surface area contributed by atoms with Gasteiger partial charge in [0.25, 0.3) is 5.91 Å². The highest BCUT2D eigenvalue weighted by Gasteiger charge is 2.39. The lowest BCUT2D eigenvalue weighted by Gasteiger charge is -2.29. The van der Waals surface area contributed by atoms with Crippen molar-refractivity contribution in [3.8, 4) is 11.5 Å². The summed E-state index contributed by atoms with van der Waals surface area (Å²) in [4.78, 5) is 38.1. The van der Waals surface area contributed by atoms with Gasteiger partial charge in [-0.25, -0.2) is 0 Å². The predicted molar refractivity (Wildman–Crippen MR) is 109 cm³/mol. The molecule has 3 amide bonds. The Kier molecular flexibility index (Phi) is 5.31. The number of nitrogens with one attached hydrogen (secondary N) is 2. The van der Waals surface area contributed by atoms with Crippen LogP contribution < -0.4 is 20.1 Å². The molecule has 0 aromatic heterocycles. The fraction of sp³-hybridized carbons (Fsp3) is 0.318. The van der Waals surface area contributed by atoms with Gasteiger partial charge in [0, 0.05) is 36.3 Å². The fourth-order valence-corrected chi connectivity index (χ4v) is 3.94. The summed E-state index contributed by atoms with van der Waals surface area (Å²) in [5.41, 5.74) is 3.27. The van der Waals surface area contributed by atoms with Gasteiger partial charge < -0.3 is 19.7 Å². The number of rotatable bonds is 6.